The van der Waals surface area contributed by atoms with Gasteiger partial charge in [0, 0.05) is 19.3 Å². The van der Waals surface area contributed by atoms with E-state index in [1.54, 1.807) is 0 Å². The van der Waals surface area contributed by atoms with Gasteiger partial charge in [0.25, 0.3) is 0 Å². The number of ether oxygens (including phenoxy) is 3. The predicted molar refractivity (Wildman–Crippen MR) is 265 cm³/mol. The van der Waals surface area contributed by atoms with Crippen molar-refractivity contribution >= 4 is 17.9 Å². The summed E-state index contributed by atoms with van der Waals surface area (Å²) < 4.78 is 17.4. The van der Waals surface area contributed by atoms with Gasteiger partial charge in [-0.25, -0.2) is 0 Å². The number of hydrogen-bond acceptors (Lipinski definition) is 7. The Labute approximate surface area is 386 Å². The highest BCUT2D eigenvalue weighted by molar-refractivity contribution is 5.70. The zero-order valence-corrected chi connectivity index (χ0v) is 42.5. The summed E-state index contributed by atoms with van der Waals surface area (Å²) in [4.78, 5) is 40.3. The Kier molecular flexibility index (Phi) is 46.1. The Bertz CT molecular complexity index is 889. The maximum atomic E-state index is 12.8. The Morgan fingerprint density at radius 2 is 0.694 bits per heavy atom. The van der Waals surface area contributed by atoms with Crippen LogP contribution in [0.4, 0.5) is 0 Å². The summed E-state index contributed by atoms with van der Waals surface area (Å²) >= 11 is 0. The lowest BCUT2D eigenvalue weighted by molar-refractivity contribution is -0.150. The Morgan fingerprint density at radius 3 is 1.03 bits per heavy atom. The summed E-state index contributed by atoms with van der Waals surface area (Å²) in [5.74, 6) is 1.00. The molecule has 0 bridgehead atoms. The molecule has 0 radical (unpaired) electrons. The second-order valence-corrected chi connectivity index (χ2v) is 19.0. The van der Waals surface area contributed by atoms with Gasteiger partial charge in [0.15, 0.2) is 0 Å². The van der Waals surface area contributed by atoms with Crippen LogP contribution in [0, 0.1) is 11.8 Å². The number of nitrogens with zero attached hydrogens (tertiary/aromatic N) is 1. The van der Waals surface area contributed by atoms with E-state index in [2.05, 4.69) is 46.4 Å². The molecule has 0 aromatic rings. The first-order chi connectivity index (χ1) is 30.3. The molecule has 0 heterocycles. The molecule has 0 aromatic carbocycles. The number of hydrogen-bond donors (Lipinski definition) is 0. The van der Waals surface area contributed by atoms with Gasteiger partial charge in [-0.2, -0.15) is 0 Å². The summed E-state index contributed by atoms with van der Waals surface area (Å²) in [6, 6.07) is 0. The van der Waals surface area contributed by atoms with E-state index in [1.165, 1.54) is 167 Å². The number of carbonyl (C=O) groups excluding carboxylic acids is 3. The molecule has 0 spiro atoms. The molecule has 7 heteroatoms. The maximum absolute atomic E-state index is 12.8. The first kappa shape index (κ1) is 60.4. The monoisotopic (exact) mass is 878 g/mol. The number of esters is 3. The van der Waals surface area contributed by atoms with Crippen LogP contribution in [0.5, 0.6) is 0 Å². The van der Waals surface area contributed by atoms with E-state index in [4.69, 9.17) is 14.2 Å². The van der Waals surface area contributed by atoms with Crippen molar-refractivity contribution in [3.63, 3.8) is 0 Å². The van der Waals surface area contributed by atoms with Crippen molar-refractivity contribution < 1.29 is 28.6 Å². The molecule has 0 atom stereocenters. The van der Waals surface area contributed by atoms with E-state index >= 15 is 0 Å². The van der Waals surface area contributed by atoms with E-state index in [-0.39, 0.29) is 24.0 Å². The quantitative estimate of drug-likeness (QED) is 0.0342. The summed E-state index contributed by atoms with van der Waals surface area (Å²) in [5.41, 5.74) is 0. The zero-order chi connectivity index (χ0) is 45.6. The van der Waals surface area contributed by atoms with Crippen LogP contribution in [-0.4, -0.2) is 61.8 Å². The van der Waals surface area contributed by atoms with Crippen LogP contribution >= 0.6 is 0 Å². The average molecular weight is 878 g/mol. The van der Waals surface area contributed by atoms with Crippen LogP contribution in [0.25, 0.3) is 0 Å². The summed E-state index contributed by atoms with van der Waals surface area (Å²) in [7, 11) is 0. The Hall–Kier alpha value is -1.63. The maximum Gasteiger partial charge on any atom is 0.306 e. The smallest absolute Gasteiger partial charge is 0.306 e. The van der Waals surface area contributed by atoms with Gasteiger partial charge in [-0.05, 0) is 102 Å². The molecule has 0 N–H and O–H groups in total. The molecule has 0 aliphatic heterocycles. The second kappa shape index (κ2) is 47.3. The van der Waals surface area contributed by atoms with Crippen LogP contribution in [0.15, 0.2) is 0 Å². The van der Waals surface area contributed by atoms with Crippen LogP contribution < -0.4 is 0 Å². The molecular weight excluding hydrogens is 771 g/mol. The van der Waals surface area contributed by atoms with Crippen LogP contribution in [0.1, 0.15) is 286 Å². The molecular formula is C55H107NO6. The molecule has 0 rings (SSSR count). The van der Waals surface area contributed by atoms with Gasteiger partial charge in [-0.3, -0.25) is 14.4 Å². The minimum absolute atomic E-state index is 0.0137. The van der Waals surface area contributed by atoms with Crippen molar-refractivity contribution in [3.05, 3.63) is 0 Å². The highest BCUT2D eigenvalue weighted by Crippen LogP contribution is 2.24. The van der Waals surface area contributed by atoms with Crippen LogP contribution in [0.3, 0.4) is 0 Å². The average Bonchev–Trinajstić information content (AvgIpc) is 3.26. The van der Waals surface area contributed by atoms with Gasteiger partial charge in [0.1, 0.15) is 6.10 Å². The van der Waals surface area contributed by atoms with E-state index < -0.39 is 0 Å². The molecule has 7 nitrogen and oxygen atoms in total. The highest BCUT2D eigenvalue weighted by Gasteiger charge is 2.17. The zero-order valence-electron chi connectivity index (χ0n) is 42.5. The molecule has 0 fully saturated rings. The molecule has 0 aliphatic rings. The Morgan fingerprint density at radius 1 is 0.371 bits per heavy atom. The Balaban J connectivity index is 4.31. The molecule has 0 amide bonds. The van der Waals surface area contributed by atoms with Crippen LogP contribution in [0.2, 0.25) is 0 Å². The fraction of sp³-hybridized carbons (Fsp3) is 0.945. The third-order valence-corrected chi connectivity index (χ3v) is 13.2. The molecule has 0 saturated carbocycles. The second-order valence-electron chi connectivity index (χ2n) is 19.0. The van der Waals surface area contributed by atoms with Crippen molar-refractivity contribution in [1.82, 2.24) is 4.90 Å². The van der Waals surface area contributed by atoms with Crippen molar-refractivity contribution in [2.45, 2.75) is 292 Å². The van der Waals surface area contributed by atoms with Gasteiger partial charge >= 0.3 is 17.9 Å². The normalized spacial score (nSPS) is 11.7. The first-order valence-corrected chi connectivity index (χ1v) is 27.6. The predicted octanol–water partition coefficient (Wildman–Crippen LogP) is 16.5. The fourth-order valence-electron chi connectivity index (χ4n) is 8.95. The SMILES string of the molecule is CCCCCC(CCCCC)CC(=O)OCCCCCCCCCCC(CCCCCCCCCCOC(=O)CC(CCCCC)CCCCC)OC(=O)CCCN(CC)CC. The highest BCUT2D eigenvalue weighted by atomic mass is 16.5. The van der Waals surface area contributed by atoms with E-state index in [1.807, 2.05) is 0 Å². The first-order valence-electron chi connectivity index (χ1n) is 27.6. The lowest BCUT2D eigenvalue weighted by Gasteiger charge is -2.20. The van der Waals surface area contributed by atoms with Gasteiger partial charge in [0.05, 0.1) is 13.2 Å². The van der Waals surface area contributed by atoms with E-state index in [0.29, 0.717) is 44.3 Å². The fourth-order valence-corrected chi connectivity index (χ4v) is 8.95. The molecule has 0 unspecified atom stereocenters. The lowest BCUT2D eigenvalue weighted by atomic mass is 9.92. The molecule has 0 aromatic heterocycles. The molecule has 0 saturated heterocycles. The van der Waals surface area contributed by atoms with Crippen molar-refractivity contribution in [3.8, 4) is 0 Å². The number of carbonyl (C=O) groups is 3. The topological polar surface area (TPSA) is 82.1 Å². The van der Waals surface area contributed by atoms with E-state index in [9.17, 15) is 14.4 Å². The van der Waals surface area contributed by atoms with Crippen molar-refractivity contribution in [2.24, 2.45) is 11.8 Å². The summed E-state index contributed by atoms with van der Waals surface area (Å²) in [6.07, 6.45) is 42.9. The van der Waals surface area contributed by atoms with Gasteiger partial charge < -0.3 is 19.1 Å². The third kappa shape index (κ3) is 41.1. The molecule has 0 aliphatic carbocycles. The summed E-state index contributed by atoms with van der Waals surface area (Å²) in [6.45, 7) is 17.5. The van der Waals surface area contributed by atoms with Crippen molar-refractivity contribution in [2.75, 3.05) is 32.8 Å². The largest absolute Gasteiger partial charge is 0.466 e. The van der Waals surface area contributed by atoms with E-state index in [0.717, 1.165) is 77.4 Å². The standard InChI is InChI=1S/C55H107NO6/c1-7-13-29-38-50(39-30-14-8-2)48-54(58)60-46-35-27-23-19-17-21-25-33-42-52(62-53(57)44-37-45-56(11-5)12-6)43-34-26-22-18-20-24-28-36-47-61-55(59)49-51(40-31-15-9-3)41-32-16-10-4/h50-52H,7-49H2,1-6H3. The molecule has 62 heavy (non-hydrogen) atoms. The number of unbranched alkanes of at least 4 members (excludes halogenated alkanes) is 22. The van der Waals surface area contributed by atoms with Gasteiger partial charge in [-0.15, -0.1) is 0 Å². The number of rotatable bonds is 49. The van der Waals surface area contributed by atoms with Gasteiger partial charge in [0.2, 0.25) is 0 Å². The van der Waals surface area contributed by atoms with Crippen molar-refractivity contribution in [1.29, 1.82) is 0 Å². The third-order valence-electron chi connectivity index (χ3n) is 13.2. The summed E-state index contributed by atoms with van der Waals surface area (Å²) in [5, 5.41) is 0. The minimum atomic E-state index is -0.0176. The minimum Gasteiger partial charge on any atom is -0.466 e. The van der Waals surface area contributed by atoms with Gasteiger partial charge in [-0.1, -0.05) is 196 Å². The lowest BCUT2D eigenvalue weighted by Crippen LogP contribution is -2.25. The van der Waals surface area contributed by atoms with Crippen LogP contribution in [-0.2, 0) is 28.6 Å². The molecule has 368 valence electrons.